The van der Waals surface area contributed by atoms with Gasteiger partial charge in [-0.15, -0.1) is 0 Å². The number of aromatic nitrogens is 1. The molecule has 0 bridgehead atoms. The van der Waals surface area contributed by atoms with Gasteiger partial charge in [-0.25, -0.2) is 4.98 Å². The number of likely N-dealkylation sites (N-methyl/N-ethyl adjacent to an activating group) is 1. The second-order valence-corrected chi connectivity index (χ2v) is 3.72. The summed E-state index contributed by atoms with van der Waals surface area (Å²) in [5, 5.41) is 16.5. The first-order valence-corrected chi connectivity index (χ1v) is 5.13. The van der Waals surface area contributed by atoms with Crippen molar-refractivity contribution in [2.75, 3.05) is 25.5 Å². The minimum Gasteiger partial charge on any atom is -0.363 e. The number of nitrogens with zero attached hydrogens (tertiary/aromatic N) is 2. The minimum atomic E-state index is -0.459. The molecular formula is C8H11BrN4O2. The van der Waals surface area contributed by atoms with Gasteiger partial charge in [-0.05, 0) is 23.0 Å². The van der Waals surface area contributed by atoms with Crippen LogP contribution in [-0.2, 0) is 0 Å². The first kappa shape index (κ1) is 11.9. The number of nitrogens with one attached hydrogen (secondary N) is 2. The van der Waals surface area contributed by atoms with Gasteiger partial charge in [0.1, 0.15) is 0 Å². The maximum absolute atomic E-state index is 10.7. The Morgan fingerprint density at radius 3 is 2.93 bits per heavy atom. The summed E-state index contributed by atoms with van der Waals surface area (Å²) < 4.78 is 0.591. The van der Waals surface area contributed by atoms with Gasteiger partial charge in [0.15, 0.2) is 0 Å². The Balaban J connectivity index is 2.81. The zero-order valence-electron chi connectivity index (χ0n) is 8.16. The number of pyridine rings is 1. The second-order valence-electron chi connectivity index (χ2n) is 2.81. The van der Waals surface area contributed by atoms with Crippen molar-refractivity contribution in [2.45, 2.75) is 0 Å². The lowest BCUT2D eigenvalue weighted by Crippen LogP contribution is -2.18. The van der Waals surface area contributed by atoms with Crippen molar-refractivity contribution in [1.82, 2.24) is 10.3 Å². The molecule has 0 saturated heterocycles. The van der Waals surface area contributed by atoms with E-state index in [1.807, 2.05) is 7.05 Å². The standard InChI is InChI=1S/C8H11BrN4O2/c1-10-2-3-11-8-7(13(14)15)4-6(9)5-12-8/h4-5,10H,2-3H2,1H3,(H,11,12). The summed E-state index contributed by atoms with van der Waals surface area (Å²) >= 11 is 3.14. The smallest absolute Gasteiger partial charge is 0.312 e. The van der Waals surface area contributed by atoms with Crippen molar-refractivity contribution in [1.29, 1.82) is 0 Å². The first-order chi connectivity index (χ1) is 7.15. The number of nitro groups is 1. The van der Waals surface area contributed by atoms with Crippen LogP contribution in [0.25, 0.3) is 0 Å². The van der Waals surface area contributed by atoms with E-state index < -0.39 is 4.92 Å². The van der Waals surface area contributed by atoms with Crippen LogP contribution in [0, 0.1) is 10.1 Å². The zero-order valence-corrected chi connectivity index (χ0v) is 9.74. The average molecular weight is 275 g/mol. The van der Waals surface area contributed by atoms with Gasteiger partial charge in [-0.1, -0.05) is 0 Å². The topological polar surface area (TPSA) is 80.1 Å². The Labute approximate surface area is 95.4 Å². The SMILES string of the molecule is CNCCNc1ncc(Br)cc1[N+](=O)[O-]. The zero-order chi connectivity index (χ0) is 11.3. The van der Waals surface area contributed by atoms with Crippen molar-refractivity contribution in [3.63, 3.8) is 0 Å². The summed E-state index contributed by atoms with van der Waals surface area (Å²) in [6, 6.07) is 1.43. The maximum atomic E-state index is 10.7. The van der Waals surface area contributed by atoms with Gasteiger partial charge in [0.25, 0.3) is 0 Å². The Morgan fingerprint density at radius 1 is 1.60 bits per heavy atom. The third-order valence-corrected chi connectivity index (χ3v) is 2.13. The van der Waals surface area contributed by atoms with Crippen LogP contribution in [0.1, 0.15) is 0 Å². The van der Waals surface area contributed by atoms with Gasteiger partial charge in [-0.2, -0.15) is 0 Å². The quantitative estimate of drug-likeness (QED) is 0.482. The van der Waals surface area contributed by atoms with Crippen LogP contribution in [0.2, 0.25) is 0 Å². The van der Waals surface area contributed by atoms with E-state index in [-0.39, 0.29) is 5.69 Å². The van der Waals surface area contributed by atoms with Crippen LogP contribution in [0.15, 0.2) is 16.7 Å². The Hall–Kier alpha value is -1.21. The van der Waals surface area contributed by atoms with Crippen LogP contribution in [0.3, 0.4) is 0 Å². The first-order valence-electron chi connectivity index (χ1n) is 4.33. The normalized spacial score (nSPS) is 10.0. The molecule has 1 aromatic rings. The maximum Gasteiger partial charge on any atom is 0.312 e. The van der Waals surface area contributed by atoms with E-state index in [4.69, 9.17) is 0 Å². The molecule has 0 radical (unpaired) electrons. The molecular weight excluding hydrogens is 264 g/mol. The van der Waals surface area contributed by atoms with Crippen LogP contribution >= 0.6 is 15.9 Å². The van der Waals surface area contributed by atoms with E-state index in [0.717, 1.165) is 6.54 Å². The molecule has 0 aliphatic heterocycles. The fraction of sp³-hybridized carbons (Fsp3) is 0.375. The van der Waals surface area contributed by atoms with Gasteiger partial charge in [0.2, 0.25) is 5.82 Å². The summed E-state index contributed by atoms with van der Waals surface area (Å²) in [6.07, 6.45) is 1.52. The molecule has 1 heterocycles. The third kappa shape index (κ3) is 3.45. The highest BCUT2D eigenvalue weighted by atomic mass is 79.9. The minimum absolute atomic E-state index is 0.0273. The lowest BCUT2D eigenvalue weighted by molar-refractivity contribution is -0.384. The van der Waals surface area contributed by atoms with Gasteiger partial charge >= 0.3 is 5.69 Å². The van der Waals surface area contributed by atoms with Crippen LogP contribution in [0.4, 0.5) is 11.5 Å². The van der Waals surface area contributed by atoms with Gasteiger partial charge in [-0.3, -0.25) is 10.1 Å². The lowest BCUT2D eigenvalue weighted by atomic mass is 10.4. The Morgan fingerprint density at radius 2 is 2.33 bits per heavy atom. The molecule has 2 N–H and O–H groups in total. The predicted octanol–water partition coefficient (Wildman–Crippen LogP) is 1.38. The highest BCUT2D eigenvalue weighted by molar-refractivity contribution is 9.10. The monoisotopic (exact) mass is 274 g/mol. The highest BCUT2D eigenvalue weighted by Gasteiger charge is 2.14. The summed E-state index contributed by atoms with van der Waals surface area (Å²) in [6.45, 7) is 1.31. The summed E-state index contributed by atoms with van der Waals surface area (Å²) in [5.41, 5.74) is -0.0273. The molecule has 15 heavy (non-hydrogen) atoms. The Kier molecular flexibility index (Phi) is 4.44. The third-order valence-electron chi connectivity index (χ3n) is 1.70. The van der Waals surface area contributed by atoms with Crippen molar-refractivity contribution in [3.05, 3.63) is 26.9 Å². The summed E-state index contributed by atoms with van der Waals surface area (Å²) in [7, 11) is 1.81. The summed E-state index contributed by atoms with van der Waals surface area (Å²) in [5.74, 6) is 0.290. The molecule has 6 nitrogen and oxygen atoms in total. The van der Waals surface area contributed by atoms with Crippen molar-refractivity contribution in [3.8, 4) is 0 Å². The van der Waals surface area contributed by atoms with Crippen LogP contribution in [-0.4, -0.2) is 30.0 Å². The molecule has 1 rings (SSSR count). The molecule has 7 heteroatoms. The van der Waals surface area contributed by atoms with Crippen molar-refractivity contribution in [2.24, 2.45) is 0 Å². The molecule has 82 valence electrons. The fourth-order valence-corrected chi connectivity index (χ4v) is 1.33. The highest BCUT2D eigenvalue weighted by Crippen LogP contribution is 2.24. The van der Waals surface area contributed by atoms with E-state index in [0.29, 0.717) is 16.8 Å². The summed E-state index contributed by atoms with van der Waals surface area (Å²) in [4.78, 5) is 14.2. The van der Waals surface area contributed by atoms with Crippen molar-refractivity contribution >= 4 is 27.4 Å². The lowest BCUT2D eigenvalue weighted by Gasteiger charge is -2.05. The molecule has 0 spiro atoms. The number of halogens is 1. The predicted molar refractivity (Wildman–Crippen MR) is 61.0 cm³/mol. The molecule has 0 amide bonds. The second kappa shape index (κ2) is 5.62. The largest absolute Gasteiger partial charge is 0.363 e. The van der Waals surface area contributed by atoms with E-state index in [1.165, 1.54) is 12.3 Å². The van der Waals surface area contributed by atoms with Crippen molar-refractivity contribution < 1.29 is 4.92 Å². The average Bonchev–Trinajstić information content (AvgIpc) is 2.20. The number of hydrogen-bond acceptors (Lipinski definition) is 5. The van der Waals surface area contributed by atoms with Crippen LogP contribution < -0.4 is 10.6 Å². The number of anilines is 1. The Bertz CT molecular complexity index is 358. The molecule has 0 fully saturated rings. The molecule has 0 atom stereocenters. The van der Waals surface area contributed by atoms with E-state index in [2.05, 4.69) is 31.5 Å². The molecule has 0 aliphatic carbocycles. The number of hydrogen-bond donors (Lipinski definition) is 2. The van der Waals surface area contributed by atoms with Gasteiger partial charge < -0.3 is 10.6 Å². The van der Waals surface area contributed by atoms with Gasteiger partial charge in [0.05, 0.1) is 4.92 Å². The fourth-order valence-electron chi connectivity index (χ4n) is 1.01. The van der Waals surface area contributed by atoms with E-state index in [1.54, 1.807) is 0 Å². The molecule has 0 aliphatic rings. The number of rotatable bonds is 5. The van der Waals surface area contributed by atoms with Crippen LogP contribution in [0.5, 0.6) is 0 Å². The van der Waals surface area contributed by atoms with E-state index >= 15 is 0 Å². The molecule has 0 unspecified atom stereocenters. The van der Waals surface area contributed by atoms with Gasteiger partial charge in [0, 0.05) is 29.8 Å². The molecule has 0 saturated carbocycles. The molecule has 0 aromatic carbocycles. The molecule has 1 aromatic heterocycles. The van der Waals surface area contributed by atoms with E-state index in [9.17, 15) is 10.1 Å².